The van der Waals surface area contributed by atoms with Crippen molar-refractivity contribution in [2.24, 2.45) is 0 Å². The van der Waals surface area contributed by atoms with E-state index >= 15 is 0 Å². The van der Waals surface area contributed by atoms with E-state index in [1.165, 1.54) is 11.1 Å². The number of hydrogen-bond donors (Lipinski definition) is 1. The van der Waals surface area contributed by atoms with Gasteiger partial charge in [-0.15, -0.1) is 0 Å². The van der Waals surface area contributed by atoms with Crippen LogP contribution in [-0.4, -0.2) is 5.11 Å². The van der Waals surface area contributed by atoms with E-state index in [2.05, 4.69) is 24.3 Å². The van der Waals surface area contributed by atoms with Crippen LogP contribution in [0.2, 0.25) is 0 Å². The van der Waals surface area contributed by atoms with Gasteiger partial charge in [0.1, 0.15) is 0 Å². The first-order valence-corrected chi connectivity index (χ1v) is 7.17. The largest absolute Gasteiger partial charge is 0.392 e. The van der Waals surface area contributed by atoms with E-state index in [-0.39, 0.29) is 6.61 Å². The van der Waals surface area contributed by atoms with Crippen LogP contribution in [0.3, 0.4) is 0 Å². The molecule has 0 radical (unpaired) electrons. The van der Waals surface area contributed by atoms with Crippen molar-refractivity contribution in [1.82, 2.24) is 0 Å². The van der Waals surface area contributed by atoms with E-state index < -0.39 is 0 Å². The molecule has 1 aliphatic carbocycles. The minimum absolute atomic E-state index is 0.0521. The molecule has 2 heteroatoms. The number of fused-ring (bicyclic) bond motifs is 2. The first-order valence-electron chi connectivity index (χ1n) is 7.17. The Labute approximate surface area is 125 Å². The Hall–Kier alpha value is -2.37. The molecule has 0 bridgehead atoms. The maximum atomic E-state index is 9.38. The van der Waals surface area contributed by atoms with Gasteiger partial charge in [-0.2, -0.15) is 5.26 Å². The monoisotopic (exact) mass is 275 g/mol. The average Bonchev–Trinajstić information content (AvgIpc) is 2.70. The van der Waals surface area contributed by atoms with Crippen LogP contribution in [0.15, 0.2) is 48.0 Å². The Morgan fingerprint density at radius 3 is 2.57 bits per heavy atom. The van der Waals surface area contributed by atoms with Crippen molar-refractivity contribution < 1.29 is 5.11 Å². The third-order valence-electron chi connectivity index (χ3n) is 4.11. The number of aliphatic hydroxyl groups is 1. The van der Waals surface area contributed by atoms with Crippen LogP contribution >= 0.6 is 0 Å². The summed E-state index contributed by atoms with van der Waals surface area (Å²) in [6.07, 6.45) is 1.89. The Balaban J connectivity index is 2.30. The van der Waals surface area contributed by atoms with Gasteiger partial charge >= 0.3 is 0 Å². The molecule has 1 aliphatic rings. The highest BCUT2D eigenvalue weighted by molar-refractivity contribution is 5.87. The summed E-state index contributed by atoms with van der Waals surface area (Å²) in [5.41, 5.74) is 7.47. The Bertz CT molecular complexity index is 765. The zero-order valence-electron chi connectivity index (χ0n) is 12.1. The molecule has 0 saturated carbocycles. The molecule has 2 aromatic carbocycles. The van der Waals surface area contributed by atoms with Crippen LogP contribution < -0.4 is 0 Å². The molecule has 0 atom stereocenters. The average molecular weight is 275 g/mol. The Morgan fingerprint density at radius 2 is 1.81 bits per heavy atom. The van der Waals surface area contributed by atoms with Crippen LogP contribution in [0.1, 0.15) is 34.7 Å². The Morgan fingerprint density at radius 1 is 1.10 bits per heavy atom. The molecule has 0 saturated heterocycles. The Kier molecular flexibility index (Phi) is 3.60. The van der Waals surface area contributed by atoms with E-state index in [0.717, 1.165) is 40.7 Å². The summed E-state index contributed by atoms with van der Waals surface area (Å²) in [6, 6.07) is 16.7. The first-order chi connectivity index (χ1) is 10.2. The van der Waals surface area contributed by atoms with Gasteiger partial charge in [0.25, 0.3) is 0 Å². The van der Waals surface area contributed by atoms with Gasteiger partial charge < -0.3 is 5.11 Å². The van der Waals surface area contributed by atoms with Gasteiger partial charge in [0.05, 0.1) is 12.7 Å². The van der Waals surface area contributed by atoms with Gasteiger partial charge in [-0.05, 0) is 47.6 Å². The van der Waals surface area contributed by atoms with E-state index in [4.69, 9.17) is 0 Å². The van der Waals surface area contributed by atoms with Crippen LogP contribution in [-0.2, 0) is 19.4 Å². The van der Waals surface area contributed by atoms with Gasteiger partial charge in [-0.25, -0.2) is 0 Å². The maximum absolute atomic E-state index is 9.38. The number of nitrogens with zero attached hydrogens (tertiary/aromatic N) is 1. The minimum atomic E-state index is 0.0521. The molecule has 0 amide bonds. The molecule has 0 spiro atoms. The number of hydrogen-bond acceptors (Lipinski definition) is 2. The predicted octanol–water partition coefficient (Wildman–Crippen LogP) is 3.62. The molecule has 3 rings (SSSR count). The van der Waals surface area contributed by atoms with E-state index in [9.17, 15) is 10.4 Å². The second-order valence-corrected chi connectivity index (χ2v) is 5.42. The van der Waals surface area contributed by atoms with Gasteiger partial charge in [0.15, 0.2) is 0 Å². The molecule has 0 aliphatic heterocycles. The molecule has 0 unspecified atom stereocenters. The summed E-state index contributed by atoms with van der Waals surface area (Å²) in [4.78, 5) is 0. The smallest absolute Gasteiger partial charge is 0.0950 e. The molecule has 2 nitrogen and oxygen atoms in total. The van der Waals surface area contributed by atoms with Gasteiger partial charge in [0.2, 0.25) is 0 Å². The van der Waals surface area contributed by atoms with Gasteiger partial charge in [0, 0.05) is 11.1 Å². The second-order valence-electron chi connectivity index (χ2n) is 5.42. The minimum Gasteiger partial charge on any atom is -0.392 e. The van der Waals surface area contributed by atoms with Crippen molar-refractivity contribution in [2.45, 2.75) is 26.4 Å². The number of benzene rings is 2. The van der Waals surface area contributed by atoms with Crippen LogP contribution in [0.4, 0.5) is 0 Å². The molecule has 0 fully saturated rings. The molecule has 2 aromatic rings. The lowest BCUT2D eigenvalue weighted by atomic mass is 9.90. The highest BCUT2D eigenvalue weighted by atomic mass is 16.3. The molecule has 0 aromatic heterocycles. The molecule has 21 heavy (non-hydrogen) atoms. The van der Waals surface area contributed by atoms with Crippen molar-refractivity contribution in [3.05, 3.63) is 75.9 Å². The van der Waals surface area contributed by atoms with Crippen molar-refractivity contribution in [1.29, 1.82) is 5.26 Å². The standard InChI is InChI=1S/C19H17NO/c1-13(11-20)19-17-5-3-2-4-15(17)7-8-16-10-14(12-21)6-9-18(16)19/h2-6,9-10,21H,7-8,12H2,1H3/b19-13-. The quantitative estimate of drug-likeness (QED) is 0.808. The summed E-state index contributed by atoms with van der Waals surface area (Å²) in [7, 11) is 0. The topological polar surface area (TPSA) is 44.0 Å². The summed E-state index contributed by atoms with van der Waals surface area (Å²) < 4.78 is 0. The third kappa shape index (κ3) is 2.37. The van der Waals surface area contributed by atoms with Crippen LogP contribution in [0, 0.1) is 11.3 Å². The zero-order chi connectivity index (χ0) is 14.8. The SMILES string of the molecule is C/C(C#N)=C1\c2ccccc2CCc2cc(CO)ccc21. The summed E-state index contributed by atoms with van der Waals surface area (Å²) in [6.45, 7) is 1.93. The van der Waals surface area contributed by atoms with Gasteiger partial charge in [-0.1, -0.05) is 42.5 Å². The number of aryl methyl sites for hydroxylation is 2. The number of nitriles is 1. The van der Waals surface area contributed by atoms with Crippen molar-refractivity contribution in [3.8, 4) is 6.07 Å². The lowest BCUT2D eigenvalue weighted by Gasteiger charge is -2.13. The predicted molar refractivity (Wildman–Crippen MR) is 83.5 cm³/mol. The van der Waals surface area contributed by atoms with Crippen LogP contribution in [0.5, 0.6) is 0 Å². The lowest BCUT2D eigenvalue weighted by molar-refractivity contribution is 0.281. The fourth-order valence-corrected chi connectivity index (χ4v) is 3.05. The lowest BCUT2D eigenvalue weighted by Crippen LogP contribution is -1.96. The maximum Gasteiger partial charge on any atom is 0.0950 e. The summed E-state index contributed by atoms with van der Waals surface area (Å²) in [5, 5.41) is 18.7. The van der Waals surface area contributed by atoms with E-state index in [1.807, 2.05) is 31.2 Å². The van der Waals surface area contributed by atoms with Crippen molar-refractivity contribution >= 4 is 5.57 Å². The molecule has 104 valence electrons. The molecule has 1 N–H and O–H groups in total. The van der Waals surface area contributed by atoms with E-state index in [0.29, 0.717) is 0 Å². The first kappa shape index (κ1) is 13.6. The number of aliphatic hydroxyl groups excluding tert-OH is 1. The molecule has 0 heterocycles. The zero-order valence-corrected chi connectivity index (χ0v) is 12.1. The highest BCUT2D eigenvalue weighted by Gasteiger charge is 2.20. The number of allylic oxidation sites excluding steroid dienone is 1. The fraction of sp³-hybridized carbons (Fsp3) is 0.211. The molecular formula is C19H17NO. The summed E-state index contributed by atoms with van der Waals surface area (Å²) >= 11 is 0. The van der Waals surface area contributed by atoms with Crippen molar-refractivity contribution in [3.63, 3.8) is 0 Å². The van der Waals surface area contributed by atoms with Gasteiger partial charge in [-0.3, -0.25) is 0 Å². The summed E-state index contributed by atoms with van der Waals surface area (Å²) in [5.74, 6) is 0. The van der Waals surface area contributed by atoms with Crippen molar-refractivity contribution in [2.75, 3.05) is 0 Å². The highest BCUT2D eigenvalue weighted by Crippen LogP contribution is 2.35. The second kappa shape index (κ2) is 5.55. The van der Waals surface area contributed by atoms with E-state index in [1.54, 1.807) is 0 Å². The fourth-order valence-electron chi connectivity index (χ4n) is 3.05. The third-order valence-corrected chi connectivity index (χ3v) is 4.11. The molecular weight excluding hydrogens is 258 g/mol. The normalized spacial score (nSPS) is 15.5. The number of rotatable bonds is 1. The van der Waals surface area contributed by atoms with Crippen LogP contribution in [0.25, 0.3) is 5.57 Å².